The Balaban J connectivity index is 1.86. The maximum Gasteiger partial charge on any atom is 0.211 e. The van der Waals surface area contributed by atoms with E-state index in [0.717, 1.165) is 18.1 Å². The van der Waals surface area contributed by atoms with Crippen LogP contribution < -0.4 is 5.32 Å². The second kappa shape index (κ2) is 4.74. The van der Waals surface area contributed by atoms with Crippen LogP contribution >= 0.6 is 0 Å². The quantitative estimate of drug-likeness (QED) is 0.917. The summed E-state index contributed by atoms with van der Waals surface area (Å²) < 4.78 is 5.64. The Labute approximate surface area is 120 Å². The number of aryl methyl sites for hydroxylation is 1. The number of nitrogens with one attached hydrogen (secondary N) is 1. The first-order chi connectivity index (χ1) is 9.47. The summed E-state index contributed by atoms with van der Waals surface area (Å²) in [5, 5.41) is 3.70. The molecule has 0 saturated carbocycles. The maximum absolute atomic E-state index is 5.64. The van der Waals surface area contributed by atoms with Crippen LogP contribution in [-0.2, 0) is 6.42 Å². The zero-order valence-electron chi connectivity index (χ0n) is 12.6. The standard InChI is InChI=1S/C17H22N2O/c1-11-10-18-16(20-11)12(2)19-15-14-8-6-5-7-13(14)9-17(15,3)4/h5-8,10,12,15,19H,9H2,1-4H3. The number of hydrogen-bond acceptors (Lipinski definition) is 3. The van der Waals surface area contributed by atoms with Crippen LogP contribution in [0.15, 0.2) is 34.9 Å². The molecule has 0 spiro atoms. The van der Waals surface area contributed by atoms with Crippen molar-refractivity contribution in [1.29, 1.82) is 0 Å². The zero-order valence-corrected chi connectivity index (χ0v) is 12.6. The fourth-order valence-corrected chi connectivity index (χ4v) is 3.20. The lowest BCUT2D eigenvalue weighted by atomic mass is 9.85. The molecule has 0 radical (unpaired) electrons. The predicted octanol–water partition coefficient (Wildman–Crippen LogP) is 3.96. The van der Waals surface area contributed by atoms with E-state index < -0.39 is 0 Å². The summed E-state index contributed by atoms with van der Waals surface area (Å²) >= 11 is 0. The number of benzene rings is 1. The van der Waals surface area contributed by atoms with Crippen molar-refractivity contribution < 1.29 is 4.42 Å². The maximum atomic E-state index is 5.64. The highest BCUT2D eigenvalue weighted by molar-refractivity contribution is 5.37. The third-order valence-corrected chi connectivity index (χ3v) is 4.22. The molecule has 0 fully saturated rings. The van der Waals surface area contributed by atoms with Crippen molar-refractivity contribution in [3.63, 3.8) is 0 Å². The molecule has 0 aliphatic heterocycles. The molecule has 0 bridgehead atoms. The molecule has 3 heteroatoms. The highest BCUT2D eigenvalue weighted by atomic mass is 16.4. The van der Waals surface area contributed by atoms with Gasteiger partial charge in [-0.05, 0) is 36.8 Å². The summed E-state index contributed by atoms with van der Waals surface area (Å²) in [4.78, 5) is 4.33. The van der Waals surface area contributed by atoms with Gasteiger partial charge in [0.25, 0.3) is 0 Å². The molecule has 1 heterocycles. The molecule has 3 nitrogen and oxygen atoms in total. The van der Waals surface area contributed by atoms with Gasteiger partial charge < -0.3 is 4.42 Å². The molecule has 0 amide bonds. The molecule has 1 aliphatic carbocycles. The highest BCUT2D eigenvalue weighted by Gasteiger charge is 2.39. The minimum absolute atomic E-state index is 0.110. The van der Waals surface area contributed by atoms with Crippen molar-refractivity contribution in [2.45, 2.75) is 46.2 Å². The van der Waals surface area contributed by atoms with E-state index in [4.69, 9.17) is 4.42 Å². The van der Waals surface area contributed by atoms with Crippen LogP contribution in [0.25, 0.3) is 0 Å². The molecule has 3 rings (SSSR count). The van der Waals surface area contributed by atoms with Gasteiger partial charge in [-0.3, -0.25) is 5.32 Å². The minimum atomic E-state index is 0.110. The van der Waals surface area contributed by atoms with Gasteiger partial charge in [-0.1, -0.05) is 38.1 Å². The summed E-state index contributed by atoms with van der Waals surface area (Å²) in [5.41, 5.74) is 3.07. The summed E-state index contributed by atoms with van der Waals surface area (Å²) in [6.45, 7) is 8.68. The van der Waals surface area contributed by atoms with Gasteiger partial charge in [0.15, 0.2) is 0 Å². The van der Waals surface area contributed by atoms with Crippen LogP contribution in [-0.4, -0.2) is 4.98 Å². The Hall–Kier alpha value is -1.61. The average Bonchev–Trinajstić information content (AvgIpc) is 2.92. The van der Waals surface area contributed by atoms with E-state index in [1.807, 2.05) is 6.92 Å². The molecule has 1 aliphatic rings. The summed E-state index contributed by atoms with van der Waals surface area (Å²) in [6.07, 6.45) is 2.89. The molecule has 1 N–H and O–H groups in total. The van der Waals surface area contributed by atoms with Crippen LogP contribution in [0.2, 0.25) is 0 Å². The molecule has 1 aromatic heterocycles. The Bertz CT molecular complexity index is 615. The van der Waals surface area contributed by atoms with Crippen molar-refractivity contribution in [2.24, 2.45) is 5.41 Å². The Kier molecular flexibility index (Phi) is 3.17. The summed E-state index contributed by atoms with van der Waals surface area (Å²) in [6, 6.07) is 9.15. The van der Waals surface area contributed by atoms with E-state index in [1.54, 1.807) is 6.20 Å². The van der Waals surface area contributed by atoms with Crippen molar-refractivity contribution in [3.05, 3.63) is 53.2 Å². The molecule has 106 valence electrons. The van der Waals surface area contributed by atoms with Crippen LogP contribution in [0, 0.1) is 12.3 Å². The lowest BCUT2D eigenvalue weighted by Gasteiger charge is -2.30. The fourth-order valence-electron chi connectivity index (χ4n) is 3.20. The van der Waals surface area contributed by atoms with Crippen LogP contribution in [0.3, 0.4) is 0 Å². The summed E-state index contributed by atoms with van der Waals surface area (Å²) in [5.74, 6) is 1.63. The van der Waals surface area contributed by atoms with Crippen molar-refractivity contribution >= 4 is 0 Å². The smallest absolute Gasteiger partial charge is 0.211 e. The van der Waals surface area contributed by atoms with Gasteiger partial charge in [0.1, 0.15) is 5.76 Å². The SMILES string of the molecule is Cc1cnc(C(C)NC2c3ccccc3CC2(C)C)o1. The van der Waals surface area contributed by atoms with Gasteiger partial charge in [-0.15, -0.1) is 0 Å². The van der Waals surface area contributed by atoms with Crippen LogP contribution in [0.4, 0.5) is 0 Å². The Morgan fingerprint density at radius 3 is 2.80 bits per heavy atom. The molecular formula is C17H22N2O. The number of oxazole rings is 1. The first-order valence-electron chi connectivity index (χ1n) is 7.23. The van der Waals surface area contributed by atoms with Gasteiger partial charge >= 0.3 is 0 Å². The first-order valence-corrected chi connectivity index (χ1v) is 7.23. The lowest BCUT2D eigenvalue weighted by molar-refractivity contribution is 0.239. The van der Waals surface area contributed by atoms with Gasteiger partial charge in [0, 0.05) is 6.04 Å². The number of nitrogens with zero attached hydrogens (tertiary/aromatic N) is 1. The zero-order chi connectivity index (χ0) is 14.3. The largest absolute Gasteiger partial charge is 0.444 e. The predicted molar refractivity (Wildman–Crippen MR) is 79.5 cm³/mol. The Morgan fingerprint density at radius 1 is 1.35 bits per heavy atom. The van der Waals surface area contributed by atoms with E-state index >= 15 is 0 Å². The first kappa shape index (κ1) is 13.4. The monoisotopic (exact) mass is 270 g/mol. The number of rotatable bonds is 3. The van der Waals surface area contributed by atoms with Gasteiger partial charge in [0.05, 0.1) is 12.2 Å². The van der Waals surface area contributed by atoms with Gasteiger partial charge in [-0.2, -0.15) is 0 Å². The van der Waals surface area contributed by atoms with Crippen molar-refractivity contribution in [3.8, 4) is 0 Å². The second-order valence-corrected chi connectivity index (χ2v) is 6.49. The third-order valence-electron chi connectivity index (χ3n) is 4.22. The van der Waals surface area contributed by atoms with Gasteiger partial charge in [0.2, 0.25) is 5.89 Å². The number of aromatic nitrogens is 1. The van der Waals surface area contributed by atoms with E-state index in [2.05, 4.69) is 55.3 Å². The third kappa shape index (κ3) is 2.27. The van der Waals surface area contributed by atoms with E-state index in [-0.39, 0.29) is 11.5 Å². The second-order valence-electron chi connectivity index (χ2n) is 6.49. The topological polar surface area (TPSA) is 38.1 Å². The molecule has 2 aromatic rings. The van der Waals surface area contributed by atoms with Gasteiger partial charge in [-0.25, -0.2) is 4.98 Å². The van der Waals surface area contributed by atoms with Crippen LogP contribution in [0.1, 0.15) is 55.6 Å². The molecule has 20 heavy (non-hydrogen) atoms. The molecule has 2 unspecified atom stereocenters. The lowest BCUT2D eigenvalue weighted by Crippen LogP contribution is -2.33. The van der Waals surface area contributed by atoms with E-state index in [0.29, 0.717) is 6.04 Å². The minimum Gasteiger partial charge on any atom is -0.444 e. The number of fused-ring (bicyclic) bond motifs is 1. The van der Waals surface area contributed by atoms with Crippen LogP contribution in [0.5, 0.6) is 0 Å². The highest BCUT2D eigenvalue weighted by Crippen LogP contribution is 2.45. The summed E-state index contributed by atoms with van der Waals surface area (Å²) in [7, 11) is 0. The molecular weight excluding hydrogens is 248 g/mol. The number of hydrogen-bond donors (Lipinski definition) is 1. The van der Waals surface area contributed by atoms with Crippen molar-refractivity contribution in [1.82, 2.24) is 10.3 Å². The van der Waals surface area contributed by atoms with E-state index in [9.17, 15) is 0 Å². The van der Waals surface area contributed by atoms with Crippen molar-refractivity contribution in [2.75, 3.05) is 0 Å². The molecule has 0 saturated heterocycles. The Morgan fingerprint density at radius 2 is 2.10 bits per heavy atom. The normalized spacial score (nSPS) is 21.7. The fraction of sp³-hybridized carbons (Fsp3) is 0.471. The average molecular weight is 270 g/mol. The van der Waals surface area contributed by atoms with E-state index in [1.165, 1.54) is 11.1 Å². The molecule has 2 atom stereocenters. The molecule has 1 aromatic carbocycles.